The lowest BCUT2D eigenvalue weighted by Crippen LogP contribution is -2.43. The Labute approximate surface area is 181 Å². The highest BCUT2D eigenvalue weighted by Gasteiger charge is 2.40. The molecule has 0 aliphatic carbocycles. The van der Waals surface area contributed by atoms with E-state index < -0.39 is 0 Å². The number of fused-ring (bicyclic) bond motifs is 1. The lowest BCUT2D eigenvalue weighted by atomic mass is 9.75. The molecule has 0 saturated carbocycles. The van der Waals surface area contributed by atoms with Gasteiger partial charge in [0.25, 0.3) is 5.89 Å². The summed E-state index contributed by atoms with van der Waals surface area (Å²) in [5.74, 6) is 1.32. The fraction of sp³-hybridized carbons (Fsp3) is 0.375. The molecule has 1 aliphatic heterocycles. The maximum atomic E-state index is 5.61. The number of likely N-dealkylation sites (tertiary alicyclic amines) is 1. The third-order valence-corrected chi connectivity index (χ3v) is 6.49. The third kappa shape index (κ3) is 3.98. The van der Waals surface area contributed by atoms with E-state index in [1.165, 1.54) is 16.5 Å². The van der Waals surface area contributed by atoms with E-state index in [0.29, 0.717) is 12.5 Å². The zero-order valence-electron chi connectivity index (χ0n) is 17.8. The topological polar surface area (TPSA) is 80.1 Å². The third-order valence-electron chi connectivity index (χ3n) is 6.49. The van der Waals surface area contributed by atoms with Crippen LogP contribution in [-0.4, -0.2) is 51.8 Å². The van der Waals surface area contributed by atoms with Gasteiger partial charge < -0.3 is 14.2 Å². The highest BCUT2D eigenvalue weighted by atomic mass is 16.5. The zero-order valence-corrected chi connectivity index (χ0v) is 17.8. The molecule has 1 saturated heterocycles. The van der Waals surface area contributed by atoms with Crippen molar-refractivity contribution in [1.82, 2.24) is 25.0 Å². The van der Waals surface area contributed by atoms with Crippen molar-refractivity contribution >= 4 is 10.9 Å². The SMILES string of the molecule is COCCC1(c2noc(-c3cccnc3)n2)CCN(Cc2cccc3[nH]ccc23)CC1. The van der Waals surface area contributed by atoms with Gasteiger partial charge in [0.1, 0.15) is 0 Å². The number of benzene rings is 1. The van der Waals surface area contributed by atoms with E-state index in [9.17, 15) is 0 Å². The van der Waals surface area contributed by atoms with Crippen LogP contribution in [0.3, 0.4) is 0 Å². The predicted molar refractivity (Wildman–Crippen MR) is 119 cm³/mol. The fourth-order valence-electron chi connectivity index (χ4n) is 4.60. The minimum Gasteiger partial charge on any atom is -0.385 e. The summed E-state index contributed by atoms with van der Waals surface area (Å²) in [6.07, 6.45) is 8.35. The first-order valence-corrected chi connectivity index (χ1v) is 10.8. The molecule has 0 amide bonds. The number of nitrogens with one attached hydrogen (secondary N) is 1. The maximum absolute atomic E-state index is 5.61. The second kappa shape index (κ2) is 8.61. The van der Waals surface area contributed by atoms with Crippen molar-refractivity contribution in [3.63, 3.8) is 0 Å². The lowest BCUT2D eigenvalue weighted by Gasteiger charge is -2.40. The van der Waals surface area contributed by atoms with Crippen LogP contribution < -0.4 is 0 Å². The number of hydrogen-bond donors (Lipinski definition) is 1. The average molecular weight is 418 g/mol. The summed E-state index contributed by atoms with van der Waals surface area (Å²) in [5.41, 5.74) is 3.27. The van der Waals surface area contributed by atoms with Crippen LogP contribution in [0.2, 0.25) is 0 Å². The van der Waals surface area contributed by atoms with Crippen LogP contribution in [0.4, 0.5) is 0 Å². The van der Waals surface area contributed by atoms with E-state index in [1.54, 1.807) is 19.5 Å². The van der Waals surface area contributed by atoms with Crippen molar-refractivity contribution in [3.05, 3.63) is 66.4 Å². The Morgan fingerprint density at radius 2 is 2.06 bits per heavy atom. The standard InChI is InChI=1S/C24H27N5O2/c1-30-15-10-24(23-27-22(31-28-23)18-5-3-11-25-16-18)8-13-29(14-9-24)17-19-4-2-6-21-20(19)7-12-26-21/h2-7,11-12,16,26H,8-10,13-15,17H2,1H3. The Balaban J connectivity index is 1.34. The molecule has 5 rings (SSSR count). The van der Waals surface area contributed by atoms with Crippen LogP contribution in [0.1, 0.15) is 30.7 Å². The first-order chi connectivity index (χ1) is 15.3. The minimum absolute atomic E-state index is 0.128. The van der Waals surface area contributed by atoms with Crippen molar-refractivity contribution in [2.24, 2.45) is 0 Å². The summed E-state index contributed by atoms with van der Waals surface area (Å²) in [5, 5.41) is 5.70. The number of hydrogen-bond acceptors (Lipinski definition) is 6. The Hall–Kier alpha value is -3.03. The van der Waals surface area contributed by atoms with Crippen molar-refractivity contribution in [2.75, 3.05) is 26.8 Å². The van der Waals surface area contributed by atoms with Gasteiger partial charge in [-0.15, -0.1) is 0 Å². The monoisotopic (exact) mass is 417 g/mol. The van der Waals surface area contributed by atoms with E-state index >= 15 is 0 Å². The summed E-state index contributed by atoms with van der Waals surface area (Å²) >= 11 is 0. The minimum atomic E-state index is -0.128. The Morgan fingerprint density at radius 3 is 2.87 bits per heavy atom. The first kappa shape index (κ1) is 19.9. The molecule has 1 fully saturated rings. The maximum Gasteiger partial charge on any atom is 0.259 e. The average Bonchev–Trinajstić information content (AvgIpc) is 3.50. The molecule has 1 aliphatic rings. The molecule has 3 aromatic heterocycles. The number of rotatable bonds is 7. The summed E-state index contributed by atoms with van der Waals surface area (Å²) in [6.45, 7) is 3.60. The number of piperidine rings is 1. The van der Waals surface area contributed by atoms with Crippen LogP contribution in [0.5, 0.6) is 0 Å². The molecular weight excluding hydrogens is 390 g/mol. The van der Waals surface area contributed by atoms with E-state index in [4.69, 9.17) is 14.2 Å². The van der Waals surface area contributed by atoms with Gasteiger partial charge >= 0.3 is 0 Å². The fourth-order valence-corrected chi connectivity index (χ4v) is 4.60. The van der Waals surface area contributed by atoms with Crippen molar-refractivity contribution < 1.29 is 9.26 Å². The summed E-state index contributed by atoms with van der Waals surface area (Å²) in [7, 11) is 1.75. The number of aromatic nitrogens is 4. The Bertz CT molecular complexity index is 1130. The van der Waals surface area contributed by atoms with Crippen LogP contribution in [-0.2, 0) is 16.7 Å². The number of H-pyrrole nitrogens is 1. The zero-order chi connectivity index (χ0) is 21.1. The van der Waals surface area contributed by atoms with Gasteiger partial charge in [0, 0.05) is 55.2 Å². The van der Waals surface area contributed by atoms with Gasteiger partial charge in [-0.1, -0.05) is 17.3 Å². The molecule has 1 N–H and O–H groups in total. The number of nitrogens with zero attached hydrogens (tertiary/aromatic N) is 4. The molecule has 4 aromatic rings. The second-order valence-electron chi connectivity index (χ2n) is 8.32. The molecule has 0 radical (unpaired) electrons. The number of ether oxygens (including phenoxy) is 1. The van der Waals surface area contributed by atoms with E-state index in [0.717, 1.165) is 50.3 Å². The molecule has 4 heterocycles. The smallest absolute Gasteiger partial charge is 0.259 e. The highest BCUT2D eigenvalue weighted by molar-refractivity contribution is 5.82. The van der Waals surface area contributed by atoms with Gasteiger partial charge in [0.2, 0.25) is 0 Å². The van der Waals surface area contributed by atoms with Gasteiger partial charge in [0.15, 0.2) is 5.82 Å². The van der Waals surface area contributed by atoms with E-state index in [-0.39, 0.29) is 5.41 Å². The van der Waals surface area contributed by atoms with Crippen LogP contribution in [0, 0.1) is 0 Å². The summed E-state index contributed by atoms with van der Waals surface area (Å²) < 4.78 is 11.0. The molecule has 0 spiro atoms. The van der Waals surface area contributed by atoms with Gasteiger partial charge in [0.05, 0.1) is 5.56 Å². The second-order valence-corrected chi connectivity index (χ2v) is 8.32. The molecule has 0 bridgehead atoms. The predicted octanol–water partition coefficient (Wildman–Crippen LogP) is 4.18. The van der Waals surface area contributed by atoms with Crippen molar-refractivity contribution in [1.29, 1.82) is 0 Å². The largest absolute Gasteiger partial charge is 0.385 e. The van der Waals surface area contributed by atoms with Crippen LogP contribution in [0.25, 0.3) is 22.4 Å². The molecule has 1 aromatic carbocycles. The quantitative estimate of drug-likeness (QED) is 0.486. The van der Waals surface area contributed by atoms with Crippen LogP contribution in [0.15, 0.2) is 59.5 Å². The van der Waals surface area contributed by atoms with Crippen molar-refractivity contribution in [2.45, 2.75) is 31.2 Å². The molecule has 7 nitrogen and oxygen atoms in total. The lowest BCUT2D eigenvalue weighted by molar-refractivity contribution is 0.103. The van der Waals surface area contributed by atoms with Gasteiger partial charge in [-0.2, -0.15) is 4.98 Å². The Morgan fingerprint density at radius 1 is 1.16 bits per heavy atom. The molecule has 0 atom stereocenters. The molecule has 31 heavy (non-hydrogen) atoms. The molecule has 7 heteroatoms. The van der Waals surface area contributed by atoms with Gasteiger partial charge in [-0.05, 0) is 62.2 Å². The highest BCUT2D eigenvalue weighted by Crippen LogP contribution is 2.38. The molecule has 160 valence electrons. The van der Waals surface area contributed by atoms with Crippen molar-refractivity contribution in [3.8, 4) is 11.5 Å². The van der Waals surface area contributed by atoms with Gasteiger partial charge in [-0.25, -0.2) is 0 Å². The van der Waals surface area contributed by atoms with E-state index in [1.807, 2.05) is 18.3 Å². The van der Waals surface area contributed by atoms with E-state index in [2.05, 4.69) is 44.3 Å². The molecule has 0 unspecified atom stereocenters. The normalized spacial score (nSPS) is 16.7. The summed E-state index contributed by atoms with van der Waals surface area (Å²) in [6, 6.07) is 12.5. The number of methoxy groups -OCH3 is 1. The molecular formula is C24H27N5O2. The Kier molecular flexibility index (Phi) is 5.53. The summed E-state index contributed by atoms with van der Waals surface area (Å²) in [4.78, 5) is 14.8. The number of pyridine rings is 1. The number of aromatic amines is 1. The van der Waals surface area contributed by atoms with Gasteiger partial charge in [-0.3, -0.25) is 9.88 Å². The first-order valence-electron chi connectivity index (χ1n) is 10.8. The van der Waals surface area contributed by atoms with Crippen LogP contribution >= 0.6 is 0 Å².